The van der Waals surface area contributed by atoms with Gasteiger partial charge in [-0.2, -0.15) is 10.1 Å². The van der Waals surface area contributed by atoms with E-state index in [1.54, 1.807) is 6.20 Å². The first-order valence-electron chi connectivity index (χ1n) is 8.84. The monoisotopic (exact) mass is 348 g/mol. The molecule has 0 saturated heterocycles. The van der Waals surface area contributed by atoms with Crippen molar-refractivity contribution in [2.75, 3.05) is 28.6 Å². The number of rotatable bonds is 7. The summed E-state index contributed by atoms with van der Waals surface area (Å²) >= 11 is 0. The van der Waals surface area contributed by atoms with Crippen LogP contribution in [0.3, 0.4) is 0 Å². The van der Waals surface area contributed by atoms with Gasteiger partial charge in [0.2, 0.25) is 5.95 Å². The maximum Gasteiger partial charge on any atom is 0.249 e. The molecule has 0 saturated carbocycles. The third-order valence-electron chi connectivity index (χ3n) is 4.22. The van der Waals surface area contributed by atoms with Crippen molar-refractivity contribution in [3.63, 3.8) is 0 Å². The topological polar surface area (TPSA) is 66.0 Å². The van der Waals surface area contributed by atoms with Crippen LogP contribution in [0.15, 0.2) is 54.7 Å². The van der Waals surface area contributed by atoms with Crippen molar-refractivity contribution >= 4 is 28.8 Å². The van der Waals surface area contributed by atoms with E-state index >= 15 is 0 Å². The fraction of sp³-hybridized carbons (Fsp3) is 0.250. The molecule has 2 aromatic carbocycles. The van der Waals surface area contributed by atoms with Crippen LogP contribution in [0.1, 0.15) is 19.4 Å². The number of aromatic nitrogens is 3. The molecule has 6 heteroatoms. The zero-order valence-corrected chi connectivity index (χ0v) is 15.4. The summed E-state index contributed by atoms with van der Waals surface area (Å²) in [6, 6.07) is 16.3. The molecular formula is C20H24N6. The molecule has 0 aliphatic rings. The van der Waals surface area contributed by atoms with Crippen LogP contribution in [-0.4, -0.2) is 28.3 Å². The summed E-state index contributed by atoms with van der Waals surface area (Å²) in [5.41, 5.74) is 4.28. The first-order chi connectivity index (χ1) is 12.7. The number of para-hydroxylation sites is 1. The number of anilines is 5. The van der Waals surface area contributed by atoms with E-state index in [9.17, 15) is 0 Å². The fourth-order valence-corrected chi connectivity index (χ4v) is 2.74. The Morgan fingerprint density at radius 2 is 1.65 bits per heavy atom. The first kappa shape index (κ1) is 17.7. The van der Waals surface area contributed by atoms with E-state index in [-0.39, 0.29) is 0 Å². The molecule has 6 nitrogen and oxygen atoms in total. The summed E-state index contributed by atoms with van der Waals surface area (Å²) in [7, 11) is 0. The summed E-state index contributed by atoms with van der Waals surface area (Å²) in [4.78, 5) is 6.79. The molecule has 0 unspecified atom stereocenters. The lowest BCUT2D eigenvalue weighted by atomic mass is 10.2. The zero-order valence-electron chi connectivity index (χ0n) is 15.4. The second-order valence-electron chi connectivity index (χ2n) is 5.95. The molecule has 0 radical (unpaired) electrons. The average molecular weight is 348 g/mol. The summed E-state index contributed by atoms with van der Waals surface area (Å²) in [6.45, 7) is 8.34. The maximum atomic E-state index is 4.49. The van der Waals surface area contributed by atoms with Gasteiger partial charge >= 0.3 is 0 Å². The molecule has 0 spiro atoms. The van der Waals surface area contributed by atoms with Gasteiger partial charge < -0.3 is 15.5 Å². The number of hydrogen-bond acceptors (Lipinski definition) is 6. The van der Waals surface area contributed by atoms with Crippen molar-refractivity contribution in [1.82, 2.24) is 15.2 Å². The Labute approximate surface area is 154 Å². The molecule has 0 aliphatic carbocycles. The summed E-state index contributed by atoms with van der Waals surface area (Å²) in [6.07, 6.45) is 1.61. The molecule has 0 atom stereocenters. The Kier molecular flexibility index (Phi) is 5.63. The van der Waals surface area contributed by atoms with Crippen molar-refractivity contribution in [3.05, 3.63) is 60.3 Å². The largest absolute Gasteiger partial charge is 0.372 e. The smallest absolute Gasteiger partial charge is 0.249 e. The highest BCUT2D eigenvalue weighted by Crippen LogP contribution is 2.21. The molecule has 0 amide bonds. The SMILES string of the molecule is CCN(CC)c1ccc(Nc2nncc(Nc3ccccc3C)n2)cc1. The van der Waals surface area contributed by atoms with Crippen molar-refractivity contribution in [3.8, 4) is 0 Å². The Morgan fingerprint density at radius 3 is 2.35 bits per heavy atom. The van der Waals surface area contributed by atoms with Crippen LogP contribution < -0.4 is 15.5 Å². The molecule has 134 valence electrons. The van der Waals surface area contributed by atoms with Crippen LogP contribution in [0.4, 0.5) is 28.8 Å². The number of nitrogens with one attached hydrogen (secondary N) is 2. The minimum Gasteiger partial charge on any atom is -0.372 e. The van der Waals surface area contributed by atoms with Gasteiger partial charge in [-0.1, -0.05) is 18.2 Å². The lowest BCUT2D eigenvalue weighted by Crippen LogP contribution is -2.21. The van der Waals surface area contributed by atoms with E-state index in [1.165, 1.54) is 5.69 Å². The van der Waals surface area contributed by atoms with Crippen LogP contribution in [0.2, 0.25) is 0 Å². The molecule has 2 N–H and O–H groups in total. The van der Waals surface area contributed by atoms with E-state index in [4.69, 9.17) is 0 Å². The predicted molar refractivity (Wildman–Crippen MR) is 108 cm³/mol. The van der Waals surface area contributed by atoms with E-state index in [0.717, 1.165) is 30.0 Å². The Hall–Kier alpha value is -3.15. The van der Waals surface area contributed by atoms with Crippen molar-refractivity contribution in [2.45, 2.75) is 20.8 Å². The van der Waals surface area contributed by atoms with Crippen LogP contribution in [0.25, 0.3) is 0 Å². The highest BCUT2D eigenvalue weighted by atomic mass is 15.3. The Morgan fingerprint density at radius 1 is 0.923 bits per heavy atom. The van der Waals surface area contributed by atoms with Crippen molar-refractivity contribution < 1.29 is 0 Å². The van der Waals surface area contributed by atoms with Crippen molar-refractivity contribution in [2.24, 2.45) is 0 Å². The van der Waals surface area contributed by atoms with Gasteiger partial charge in [-0.05, 0) is 56.7 Å². The Balaban J connectivity index is 1.72. The van der Waals surface area contributed by atoms with Crippen LogP contribution in [-0.2, 0) is 0 Å². The van der Waals surface area contributed by atoms with E-state index in [0.29, 0.717) is 11.8 Å². The minimum absolute atomic E-state index is 0.458. The first-order valence-corrected chi connectivity index (χ1v) is 8.84. The second kappa shape index (κ2) is 8.29. The summed E-state index contributed by atoms with van der Waals surface area (Å²) < 4.78 is 0. The van der Waals surface area contributed by atoms with E-state index < -0.39 is 0 Å². The van der Waals surface area contributed by atoms with Crippen LogP contribution >= 0.6 is 0 Å². The standard InChI is InChI=1S/C20H24N6/c1-4-26(5-2)17-12-10-16(11-13-17)22-20-24-19(14-21-25-20)23-18-9-7-6-8-15(18)3/h6-14H,4-5H2,1-3H3,(H2,22,23,24,25). The molecule has 0 bridgehead atoms. The third kappa shape index (κ3) is 4.27. The van der Waals surface area contributed by atoms with E-state index in [2.05, 4.69) is 56.7 Å². The third-order valence-corrected chi connectivity index (χ3v) is 4.22. The minimum atomic E-state index is 0.458. The van der Waals surface area contributed by atoms with Crippen LogP contribution in [0.5, 0.6) is 0 Å². The molecule has 0 aliphatic heterocycles. The molecular weight excluding hydrogens is 324 g/mol. The normalized spacial score (nSPS) is 10.4. The average Bonchev–Trinajstić information content (AvgIpc) is 2.66. The molecule has 3 aromatic rings. The number of nitrogens with zero attached hydrogens (tertiary/aromatic N) is 4. The highest BCUT2D eigenvalue weighted by Gasteiger charge is 2.05. The van der Waals surface area contributed by atoms with Gasteiger partial charge in [-0.3, -0.25) is 0 Å². The second-order valence-corrected chi connectivity index (χ2v) is 5.95. The Bertz CT molecular complexity index is 843. The van der Waals surface area contributed by atoms with Gasteiger partial charge in [0.25, 0.3) is 0 Å². The summed E-state index contributed by atoms with van der Waals surface area (Å²) in [5, 5.41) is 14.6. The van der Waals surface area contributed by atoms with Gasteiger partial charge in [0.15, 0.2) is 5.82 Å². The predicted octanol–water partition coefficient (Wildman–Crippen LogP) is 4.51. The lowest BCUT2D eigenvalue weighted by molar-refractivity contribution is 0.866. The van der Waals surface area contributed by atoms with Crippen molar-refractivity contribution in [1.29, 1.82) is 0 Å². The molecule has 1 heterocycles. The van der Waals surface area contributed by atoms with Gasteiger partial charge in [-0.15, -0.1) is 5.10 Å². The van der Waals surface area contributed by atoms with Gasteiger partial charge in [0, 0.05) is 30.2 Å². The molecule has 0 fully saturated rings. The van der Waals surface area contributed by atoms with Gasteiger partial charge in [0.1, 0.15) is 0 Å². The molecule has 26 heavy (non-hydrogen) atoms. The van der Waals surface area contributed by atoms with Gasteiger partial charge in [0.05, 0.1) is 6.20 Å². The zero-order chi connectivity index (χ0) is 18.4. The number of hydrogen-bond donors (Lipinski definition) is 2. The van der Waals surface area contributed by atoms with E-state index in [1.807, 2.05) is 43.3 Å². The summed E-state index contributed by atoms with van der Waals surface area (Å²) in [5.74, 6) is 1.11. The maximum absolute atomic E-state index is 4.49. The molecule has 1 aromatic heterocycles. The molecule has 3 rings (SSSR count). The number of benzene rings is 2. The van der Waals surface area contributed by atoms with Gasteiger partial charge in [-0.25, -0.2) is 0 Å². The number of aryl methyl sites for hydroxylation is 1. The quantitative estimate of drug-likeness (QED) is 0.655. The van der Waals surface area contributed by atoms with Crippen LogP contribution in [0, 0.1) is 6.92 Å². The highest BCUT2D eigenvalue weighted by molar-refractivity contribution is 5.62. The lowest BCUT2D eigenvalue weighted by Gasteiger charge is -2.21. The fourth-order valence-electron chi connectivity index (χ4n) is 2.74.